The first-order chi connectivity index (χ1) is 11.4. The van der Waals surface area contributed by atoms with Crippen LogP contribution in [0.15, 0.2) is 10.6 Å². The minimum Gasteiger partial charge on any atom is -0.360 e. The summed E-state index contributed by atoms with van der Waals surface area (Å²) >= 11 is 1.34. The molecule has 0 radical (unpaired) electrons. The number of anilines is 1. The number of nitrogens with two attached hydrogens (primary N) is 1. The summed E-state index contributed by atoms with van der Waals surface area (Å²) in [5.41, 5.74) is 6.11. The number of nitrogens with zero attached hydrogens (tertiary/aromatic N) is 2. The smallest absolute Gasteiger partial charge is 0.238 e. The summed E-state index contributed by atoms with van der Waals surface area (Å²) in [5, 5.41) is 6.08. The maximum absolute atomic E-state index is 12.4. The van der Waals surface area contributed by atoms with Crippen LogP contribution in [0.1, 0.15) is 25.5 Å². The lowest BCUT2D eigenvalue weighted by Crippen LogP contribution is -2.35. The normalized spacial score (nSPS) is 26.0. The van der Waals surface area contributed by atoms with Crippen LogP contribution in [0.3, 0.4) is 0 Å². The molecule has 3 rings (SSSR count). The molecule has 140 valence electrons. The van der Waals surface area contributed by atoms with Crippen molar-refractivity contribution in [3.63, 3.8) is 0 Å². The van der Waals surface area contributed by atoms with Gasteiger partial charge >= 0.3 is 0 Å². The summed E-state index contributed by atoms with van der Waals surface area (Å²) in [5.74, 6) is 2.28. The Bertz CT molecular complexity index is 626. The summed E-state index contributed by atoms with van der Waals surface area (Å²) in [6.07, 6.45) is 2.20. The first-order valence-corrected chi connectivity index (χ1v) is 9.38. The molecule has 1 aliphatic heterocycles. The second-order valence-corrected chi connectivity index (χ2v) is 8.06. The van der Waals surface area contributed by atoms with Gasteiger partial charge in [-0.1, -0.05) is 5.16 Å². The van der Waals surface area contributed by atoms with Crippen molar-refractivity contribution in [3.05, 3.63) is 11.8 Å². The van der Waals surface area contributed by atoms with Crippen molar-refractivity contribution in [2.45, 2.75) is 38.0 Å². The molecule has 2 amide bonds. The highest BCUT2D eigenvalue weighted by atomic mass is 35.5. The van der Waals surface area contributed by atoms with Crippen LogP contribution in [0.25, 0.3) is 0 Å². The molecule has 2 heterocycles. The number of nitrogens with one attached hydrogen (secondary N) is 1. The Morgan fingerprint density at radius 3 is 2.88 bits per heavy atom. The van der Waals surface area contributed by atoms with E-state index in [-0.39, 0.29) is 35.5 Å². The van der Waals surface area contributed by atoms with Crippen LogP contribution in [0.5, 0.6) is 0 Å². The highest BCUT2D eigenvalue weighted by Crippen LogP contribution is 2.37. The van der Waals surface area contributed by atoms with Crippen molar-refractivity contribution < 1.29 is 14.1 Å². The first kappa shape index (κ1) is 20.1. The van der Waals surface area contributed by atoms with Gasteiger partial charge in [-0.05, 0) is 38.5 Å². The number of likely N-dealkylation sites (tertiary alicyclic amines) is 1. The number of aryl methyl sites for hydroxylation is 1. The molecule has 4 atom stereocenters. The zero-order valence-electron chi connectivity index (χ0n) is 14.4. The van der Waals surface area contributed by atoms with Crippen LogP contribution in [-0.4, -0.2) is 52.0 Å². The molecule has 9 heteroatoms. The van der Waals surface area contributed by atoms with E-state index in [9.17, 15) is 9.59 Å². The number of aromatic nitrogens is 1. The summed E-state index contributed by atoms with van der Waals surface area (Å²) in [4.78, 5) is 26.4. The molecule has 7 nitrogen and oxygen atoms in total. The summed E-state index contributed by atoms with van der Waals surface area (Å²) in [6.45, 7) is 5.13. The molecule has 2 aliphatic rings. The zero-order valence-corrected chi connectivity index (χ0v) is 16.1. The van der Waals surface area contributed by atoms with Gasteiger partial charge in [-0.2, -0.15) is 0 Å². The van der Waals surface area contributed by atoms with Crippen LogP contribution < -0.4 is 11.1 Å². The Hall–Kier alpha value is -1.25. The van der Waals surface area contributed by atoms with E-state index < -0.39 is 0 Å². The van der Waals surface area contributed by atoms with E-state index >= 15 is 0 Å². The zero-order chi connectivity index (χ0) is 17.3. The Morgan fingerprint density at radius 1 is 1.48 bits per heavy atom. The van der Waals surface area contributed by atoms with Crippen molar-refractivity contribution in [2.24, 2.45) is 17.6 Å². The third-order valence-electron chi connectivity index (χ3n) is 4.97. The van der Waals surface area contributed by atoms with E-state index in [0.29, 0.717) is 29.2 Å². The van der Waals surface area contributed by atoms with E-state index in [4.69, 9.17) is 10.3 Å². The number of carbonyl (C=O) groups is 2. The third-order valence-corrected chi connectivity index (χ3v) is 6.10. The fourth-order valence-electron chi connectivity index (χ4n) is 3.53. The number of amides is 2. The van der Waals surface area contributed by atoms with Crippen LogP contribution >= 0.6 is 24.2 Å². The van der Waals surface area contributed by atoms with Crippen LogP contribution in [-0.2, 0) is 9.59 Å². The summed E-state index contributed by atoms with van der Waals surface area (Å²) in [7, 11) is 0. The summed E-state index contributed by atoms with van der Waals surface area (Å²) < 4.78 is 4.91. The van der Waals surface area contributed by atoms with Crippen molar-refractivity contribution >= 4 is 41.8 Å². The van der Waals surface area contributed by atoms with Crippen molar-refractivity contribution in [1.82, 2.24) is 10.1 Å². The molecule has 2 fully saturated rings. The largest absolute Gasteiger partial charge is 0.360 e. The lowest BCUT2D eigenvalue weighted by atomic mass is 9.98. The molecule has 25 heavy (non-hydrogen) atoms. The van der Waals surface area contributed by atoms with Gasteiger partial charge in [0.2, 0.25) is 11.8 Å². The number of hydrogen-bond donors (Lipinski definition) is 2. The Kier molecular flexibility index (Phi) is 6.76. The fraction of sp³-hybridized carbons (Fsp3) is 0.688. The molecule has 3 N–H and O–H groups in total. The van der Waals surface area contributed by atoms with Crippen molar-refractivity contribution in [1.29, 1.82) is 0 Å². The van der Waals surface area contributed by atoms with Crippen molar-refractivity contribution in [2.75, 3.05) is 24.2 Å². The Morgan fingerprint density at radius 2 is 2.24 bits per heavy atom. The maximum atomic E-state index is 12.4. The molecule has 1 aromatic rings. The average Bonchev–Trinajstić information content (AvgIpc) is 3.23. The third kappa shape index (κ3) is 4.68. The topological polar surface area (TPSA) is 101 Å². The fourth-order valence-corrected chi connectivity index (χ4v) is 4.31. The SMILES string of the molecule is Cc1cc(NC(=O)C(C)SCC(=O)N2CC3CCC(N)C3C2)no1.Cl. The highest BCUT2D eigenvalue weighted by molar-refractivity contribution is 8.01. The monoisotopic (exact) mass is 388 g/mol. The van der Waals surface area contributed by atoms with E-state index in [0.717, 1.165) is 25.9 Å². The predicted octanol–water partition coefficient (Wildman–Crippen LogP) is 1.66. The van der Waals surface area contributed by atoms with Gasteiger partial charge in [-0.15, -0.1) is 24.2 Å². The Labute approximate surface area is 157 Å². The van der Waals surface area contributed by atoms with Gasteiger partial charge in [0.25, 0.3) is 0 Å². The van der Waals surface area contributed by atoms with E-state index in [1.165, 1.54) is 11.8 Å². The number of thioether (sulfide) groups is 1. The minimum absolute atomic E-state index is 0. The number of carbonyl (C=O) groups excluding carboxylic acids is 2. The first-order valence-electron chi connectivity index (χ1n) is 8.33. The van der Waals surface area contributed by atoms with E-state index in [1.807, 2.05) is 4.90 Å². The van der Waals surface area contributed by atoms with Crippen LogP contribution in [0.2, 0.25) is 0 Å². The minimum atomic E-state index is -0.338. The maximum Gasteiger partial charge on any atom is 0.238 e. The van der Waals surface area contributed by atoms with Gasteiger partial charge in [0.05, 0.1) is 11.0 Å². The lowest BCUT2D eigenvalue weighted by Gasteiger charge is -2.19. The van der Waals surface area contributed by atoms with Crippen LogP contribution in [0.4, 0.5) is 5.82 Å². The van der Waals surface area contributed by atoms with Crippen LogP contribution in [0, 0.1) is 18.8 Å². The van der Waals surface area contributed by atoms with E-state index in [1.54, 1.807) is 19.9 Å². The second kappa shape index (κ2) is 8.42. The Balaban J connectivity index is 0.00000225. The molecule has 4 unspecified atom stereocenters. The average molecular weight is 389 g/mol. The number of halogens is 1. The molecule has 1 aliphatic carbocycles. The highest BCUT2D eigenvalue weighted by Gasteiger charge is 2.42. The van der Waals surface area contributed by atoms with Gasteiger partial charge in [0.15, 0.2) is 5.82 Å². The quantitative estimate of drug-likeness (QED) is 0.795. The second-order valence-electron chi connectivity index (χ2n) is 6.73. The summed E-state index contributed by atoms with van der Waals surface area (Å²) in [6, 6.07) is 1.89. The molecule has 1 saturated carbocycles. The van der Waals surface area contributed by atoms with Gasteiger partial charge in [-0.25, -0.2) is 0 Å². The molecule has 0 spiro atoms. The number of hydrogen-bond acceptors (Lipinski definition) is 6. The molecule has 0 aromatic carbocycles. The number of rotatable bonds is 5. The standard InChI is InChI=1S/C16H24N4O3S.ClH/c1-9-5-14(19-23-9)18-16(22)10(2)24-8-15(21)20-6-11-3-4-13(17)12(11)7-20;/h5,10-13H,3-4,6-8,17H2,1-2H3,(H,18,19,22);1H. The van der Waals surface area contributed by atoms with Gasteiger partial charge in [0.1, 0.15) is 5.76 Å². The van der Waals surface area contributed by atoms with E-state index in [2.05, 4.69) is 10.5 Å². The van der Waals surface area contributed by atoms with Crippen molar-refractivity contribution in [3.8, 4) is 0 Å². The lowest BCUT2D eigenvalue weighted by molar-refractivity contribution is -0.127. The predicted molar refractivity (Wildman–Crippen MR) is 99.8 cm³/mol. The molecule has 0 bridgehead atoms. The van der Waals surface area contributed by atoms with Gasteiger partial charge in [0, 0.05) is 25.2 Å². The molecule has 1 aromatic heterocycles. The van der Waals surface area contributed by atoms with Gasteiger partial charge in [-0.3, -0.25) is 9.59 Å². The van der Waals surface area contributed by atoms with Gasteiger partial charge < -0.3 is 20.5 Å². The number of fused-ring (bicyclic) bond motifs is 1. The molecule has 1 saturated heterocycles. The molecular weight excluding hydrogens is 364 g/mol. The molecular formula is C16H25ClN4O3S.